The maximum absolute atomic E-state index is 12.8. The molecule has 31 heavy (non-hydrogen) atoms. The van der Waals surface area contributed by atoms with Crippen molar-refractivity contribution in [3.63, 3.8) is 0 Å². The quantitative estimate of drug-likeness (QED) is 0.581. The van der Waals surface area contributed by atoms with E-state index in [0.717, 1.165) is 5.56 Å². The average molecular weight is 426 g/mol. The Morgan fingerprint density at radius 2 is 1.48 bits per heavy atom. The van der Waals surface area contributed by atoms with Gasteiger partial charge in [-0.3, -0.25) is 10.2 Å². The first-order valence-electron chi connectivity index (χ1n) is 10.8. The molecule has 1 aromatic heterocycles. The fourth-order valence-corrected chi connectivity index (χ4v) is 3.62. The van der Waals surface area contributed by atoms with E-state index < -0.39 is 0 Å². The maximum atomic E-state index is 12.8. The molecule has 0 aliphatic carbocycles. The Morgan fingerprint density at radius 3 is 1.97 bits per heavy atom. The van der Waals surface area contributed by atoms with Gasteiger partial charge in [0.15, 0.2) is 11.7 Å². The van der Waals surface area contributed by atoms with Crippen molar-refractivity contribution in [3.05, 3.63) is 46.8 Å². The number of carbonyl (C=O) groups is 1. The lowest BCUT2D eigenvalue weighted by Gasteiger charge is -2.34. The zero-order chi connectivity index (χ0) is 23.0. The van der Waals surface area contributed by atoms with Crippen molar-refractivity contribution in [1.29, 1.82) is 5.41 Å². The number of nitrogens with zero attached hydrogens (tertiary/aromatic N) is 5. The first kappa shape index (κ1) is 22.8. The number of rotatable bonds is 3. The zero-order valence-electron chi connectivity index (χ0n) is 19.6. The van der Waals surface area contributed by atoms with Gasteiger partial charge in [-0.15, -0.1) is 5.10 Å². The number of nitrogens with two attached hydrogens (primary N) is 1. The van der Waals surface area contributed by atoms with E-state index >= 15 is 0 Å². The van der Waals surface area contributed by atoms with Crippen LogP contribution >= 0.6 is 0 Å². The highest BCUT2D eigenvalue weighted by Gasteiger charge is 2.25. The molecule has 1 aliphatic heterocycles. The Hall–Kier alpha value is -2.90. The van der Waals surface area contributed by atoms with Crippen molar-refractivity contribution in [2.45, 2.75) is 58.9 Å². The monoisotopic (exact) mass is 425 g/mol. The Balaban J connectivity index is 1.76. The number of hydrogen-bond donors (Lipinski definition) is 2. The maximum Gasteiger partial charge on any atom is 0.276 e. The molecule has 1 amide bonds. The molecule has 8 nitrogen and oxygen atoms in total. The first-order valence-corrected chi connectivity index (χ1v) is 10.8. The van der Waals surface area contributed by atoms with E-state index in [-0.39, 0.29) is 22.7 Å². The molecule has 0 saturated carbocycles. The van der Waals surface area contributed by atoms with Gasteiger partial charge in [-0.2, -0.15) is 0 Å². The summed E-state index contributed by atoms with van der Waals surface area (Å²) in [7, 11) is 0. The molecule has 2 heterocycles. The summed E-state index contributed by atoms with van der Waals surface area (Å²) < 4.78 is 1.73. The largest absolute Gasteiger partial charge is 0.370 e. The van der Waals surface area contributed by atoms with Crippen molar-refractivity contribution in [3.8, 4) is 0 Å². The number of carbonyl (C=O) groups excluding carboxylic acids is 1. The summed E-state index contributed by atoms with van der Waals surface area (Å²) in [5.41, 5.74) is 9.69. The van der Waals surface area contributed by atoms with Gasteiger partial charge in [0.2, 0.25) is 0 Å². The van der Waals surface area contributed by atoms with Gasteiger partial charge < -0.3 is 15.5 Å². The van der Waals surface area contributed by atoms with Gasteiger partial charge in [-0.1, -0.05) is 65.0 Å². The van der Waals surface area contributed by atoms with E-state index in [1.807, 2.05) is 0 Å². The number of benzene rings is 1. The minimum Gasteiger partial charge on any atom is -0.370 e. The fraction of sp³-hybridized carbons (Fsp3) is 0.565. The third-order valence-corrected chi connectivity index (χ3v) is 5.73. The third-order valence-electron chi connectivity index (χ3n) is 5.73. The summed E-state index contributed by atoms with van der Waals surface area (Å²) in [6.45, 7) is 16.0. The summed E-state index contributed by atoms with van der Waals surface area (Å²) in [6.07, 6.45) is 1.72. The molecule has 1 aliphatic rings. The smallest absolute Gasteiger partial charge is 0.276 e. The minimum absolute atomic E-state index is 0.0432. The van der Waals surface area contributed by atoms with E-state index in [1.165, 1.54) is 11.1 Å². The molecule has 168 valence electrons. The number of nitrogens with one attached hydrogen (secondary N) is 1. The number of amides is 1. The second-order valence-corrected chi connectivity index (χ2v) is 10.4. The van der Waals surface area contributed by atoms with E-state index in [2.05, 4.69) is 70.1 Å². The van der Waals surface area contributed by atoms with Gasteiger partial charge in [0.1, 0.15) is 0 Å². The van der Waals surface area contributed by atoms with Crippen LogP contribution in [0.1, 0.15) is 68.7 Å². The Morgan fingerprint density at radius 1 is 0.968 bits per heavy atom. The minimum atomic E-state index is -0.131. The fourth-order valence-electron chi connectivity index (χ4n) is 3.62. The van der Waals surface area contributed by atoms with Gasteiger partial charge in [-0.05, 0) is 27.5 Å². The topological polar surface area (TPSA) is 104 Å². The molecule has 2 aromatic rings. The lowest BCUT2D eigenvalue weighted by Crippen LogP contribution is -2.52. The Bertz CT molecular complexity index is 925. The van der Waals surface area contributed by atoms with Crippen LogP contribution in [0.4, 0.5) is 0 Å². The van der Waals surface area contributed by atoms with Gasteiger partial charge in [0, 0.05) is 26.2 Å². The molecule has 0 atom stereocenters. The summed E-state index contributed by atoms with van der Waals surface area (Å²) in [5.74, 6) is -0.0848. The molecule has 0 radical (unpaired) electrons. The molecular weight excluding hydrogens is 390 g/mol. The molecular formula is C23H35N7O. The van der Waals surface area contributed by atoms with Crippen LogP contribution in [0.25, 0.3) is 0 Å². The van der Waals surface area contributed by atoms with Crippen LogP contribution in [-0.2, 0) is 17.4 Å². The lowest BCUT2D eigenvalue weighted by atomic mass is 9.79. The second-order valence-electron chi connectivity index (χ2n) is 10.4. The summed E-state index contributed by atoms with van der Waals surface area (Å²) >= 11 is 0. The molecule has 1 saturated heterocycles. The summed E-state index contributed by atoms with van der Waals surface area (Å²) in [6, 6.07) is 6.74. The number of hydrogen-bond acceptors (Lipinski definition) is 4. The van der Waals surface area contributed by atoms with Crippen molar-refractivity contribution in [2.75, 3.05) is 26.2 Å². The highest BCUT2D eigenvalue weighted by molar-refractivity contribution is 5.92. The molecule has 0 spiro atoms. The molecule has 8 heteroatoms. The van der Waals surface area contributed by atoms with Crippen LogP contribution in [0, 0.1) is 5.41 Å². The molecule has 1 aromatic carbocycles. The van der Waals surface area contributed by atoms with Crippen LogP contribution in [0.15, 0.2) is 24.4 Å². The summed E-state index contributed by atoms with van der Waals surface area (Å²) in [5, 5.41) is 15.9. The lowest BCUT2D eigenvalue weighted by molar-refractivity contribution is 0.0684. The van der Waals surface area contributed by atoms with Crippen molar-refractivity contribution in [2.24, 2.45) is 5.73 Å². The second kappa shape index (κ2) is 8.32. The predicted molar refractivity (Wildman–Crippen MR) is 122 cm³/mol. The van der Waals surface area contributed by atoms with Gasteiger partial charge >= 0.3 is 0 Å². The average Bonchev–Trinajstić information content (AvgIpc) is 3.14. The van der Waals surface area contributed by atoms with Crippen LogP contribution in [0.3, 0.4) is 0 Å². The normalized spacial score (nSPS) is 15.3. The van der Waals surface area contributed by atoms with Crippen LogP contribution < -0.4 is 5.73 Å². The van der Waals surface area contributed by atoms with Crippen LogP contribution in [-0.4, -0.2) is 62.8 Å². The van der Waals surface area contributed by atoms with E-state index in [0.29, 0.717) is 38.4 Å². The van der Waals surface area contributed by atoms with Gasteiger partial charge in [0.05, 0.1) is 12.7 Å². The standard InChI is InChI=1S/C23H35N7O/c1-22(2,3)17-11-16(12-18(13-17)23(4,5)6)14-30-15-19(26-27-30)20(31)28-7-9-29(10-8-28)21(24)25/h11-13,15H,7-10,14H2,1-6H3,(H3,24,25). The van der Waals surface area contributed by atoms with E-state index in [9.17, 15) is 4.79 Å². The third kappa shape index (κ3) is 5.42. The van der Waals surface area contributed by atoms with Gasteiger partial charge in [0.25, 0.3) is 5.91 Å². The van der Waals surface area contributed by atoms with E-state index in [4.69, 9.17) is 11.1 Å². The Kier molecular flexibility index (Phi) is 6.11. The van der Waals surface area contributed by atoms with Crippen molar-refractivity contribution < 1.29 is 4.79 Å². The van der Waals surface area contributed by atoms with Crippen LogP contribution in [0.5, 0.6) is 0 Å². The molecule has 3 rings (SSSR count). The number of aromatic nitrogens is 3. The highest BCUT2D eigenvalue weighted by Crippen LogP contribution is 2.30. The molecule has 0 bridgehead atoms. The van der Waals surface area contributed by atoms with Crippen LogP contribution in [0.2, 0.25) is 0 Å². The number of guanidine groups is 1. The number of piperazine rings is 1. The SMILES string of the molecule is CC(C)(C)c1cc(Cn2cc(C(=O)N3CCN(C(=N)N)CC3)nn2)cc(C(C)(C)C)c1. The van der Waals surface area contributed by atoms with E-state index in [1.54, 1.807) is 20.7 Å². The molecule has 1 fully saturated rings. The first-order chi connectivity index (χ1) is 14.3. The zero-order valence-corrected chi connectivity index (χ0v) is 19.6. The predicted octanol–water partition coefficient (Wildman–Crippen LogP) is 2.57. The highest BCUT2D eigenvalue weighted by atomic mass is 16.2. The van der Waals surface area contributed by atoms with Crippen molar-refractivity contribution >= 4 is 11.9 Å². The van der Waals surface area contributed by atoms with Crippen molar-refractivity contribution in [1.82, 2.24) is 24.8 Å². The molecule has 0 unspecified atom stereocenters. The molecule has 3 N–H and O–H groups in total. The van der Waals surface area contributed by atoms with Gasteiger partial charge in [-0.25, -0.2) is 4.68 Å². The summed E-state index contributed by atoms with van der Waals surface area (Å²) in [4.78, 5) is 16.3. The Labute approximate surface area is 184 Å².